The van der Waals surface area contributed by atoms with Crippen LogP contribution in [0, 0.1) is 5.92 Å². The Morgan fingerprint density at radius 3 is 1.59 bits per heavy atom. The molecule has 214 valence electrons. The molecule has 3 unspecified atom stereocenters. The third kappa shape index (κ3) is 14.3. The second-order valence-electron chi connectivity index (χ2n) is 9.70. The number of rotatable bonds is 12. The molecular formula is C26H43ClO10. The first kappa shape index (κ1) is 32.8. The molecule has 2 fully saturated rings. The Kier molecular flexibility index (Phi) is 16.0. The zero-order chi connectivity index (χ0) is 26.3. The lowest BCUT2D eigenvalue weighted by Crippen LogP contribution is -2.28. The van der Waals surface area contributed by atoms with E-state index in [0.29, 0.717) is 19.3 Å². The molecule has 0 amide bonds. The molecule has 2 saturated carbocycles. The van der Waals surface area contributed by atoms with Crippen molar-refractivity contribution < 1.29 is 47.6 Å². The van der Waals surface area contributed by atoms with Crippen molar-refractivity contribution in [2.45, 2.75) is 135 Å². The fraction of sp³-hybridized carbons (Fsp3) is 0.846. The topological polar surface area (TPSA) is 124 Å². The predicted molar refractivity (Wildman–Crippen MR) is 135 cm³/mol. The van der Waals surface area contributed by atoms with Gasteiger partial charge in [0.15, 0.2) is 0 Å². The highest BCUT2D eigenvalue weighted by atomic mass is 35.5. The van der Waals surface area contributed by atoms with Crippen LogP contribution in [0.15, 0.2) is 0 Å². The number of ether oxygens (including phenoxy) is 6. The summed E-state index contributed by atoms with van der Waals surface area (Å²) in [7, 11) is 0. The third-order valence-electron chi connectivity index (χ3n) is 6.40. The fourth-order valence-corrected chi connectivity index (χ4v) is 4.37. The standard InChI is InChI=1S/C26H42O10.ClH/c1-18(24(28)32-20(3)34-26(30)36-22-15-8-5-9-16-22)12-10-11-17-23(27)31-19(2)33-25(29)35-21-13-6-4-7-14-21;/h18-22H,4-17H2,1-3H3;1H. The van der Waals surface area contributed by atoms with Crippen molar-refractivity contribution in [1.29, 1.82) is 0 Å². The molecule has 2 aliphatic rings. The minimum atomic E-state index is -1.04. The lowest BCUT2D eigenvalue weighted by Gasteiger charge is -2.22. The zero-order valence-corrected chi connectivity index (χ0v) is 23.1. The number of hydrogen-bond acceptors (Lipinski definition) is 10. The van der Waals surface area contributed by atoms with Crippen LogP contribution in [0.3, 0.4) is 0 Å². The molecule has 0 heterocycles. The number of esters is 2. The van der Waals surface area contributed by atoms with E-state index in [1.54, 1.807) is 6.92 Å². The van der Waals surface area contributed by atoms with Crippen molar-refractivity contribution in [2.24, 2.45) is 5.92 Å². The summed E-state index contributed by atoms with van der Waals surface area (Å²) >= 11 is 0. The largest absolute Gasteiger partial charge is 0.511 e. The van der Waals surface area contributed by atoms with Crippen LogP contribution >= 0.6 is 12.4 Å². The summed E-state index contributed by atoms with van der Waals surface area (Å²) in [5, 5.41) is 0. The Morgan fingerprint density at radius 2 is 1.11 bits per heavy atom. The summed E-state index contributed by atoms with van der Waals surface area (Å²) in [6, 6.07) is 0. The first-order valence-electron chi connectivity index (χ1n) is 13.4. The van der Waals surface area contributed by atoms with E-state index in [0.717, 1.165) is 64.2 Å². The van der Waals surface area contributed by atoms with Crippen molar-refractivity contribution in [3.63, 3.8) is 0 Å². The van der Waals surface area contributed by atoms with Crippen molar-refractivity contribution >= 4 is 36.7 Å². The van der Waals surface area contributed by atoms with Gasteiger partial charge in [-0.15, -0.1) is 12.4 Å². The highest BCUT2D eigenvalue weighted by Crippen LogP contribution is 2.22. The normalized spacial score (nSPS) is 18.8. The van der Waals surface area contributed by atoms with Crippen LogP contribution in [0.1, 0.15) is 111 Å². The monoisotopic (exact) mass is 550 g/mol. The molecule has 0 spiro atoms. The molecule has 0 aliphatic heterocycles. The Balaban J connectivity index is 0.00000684. The predicted octanol–water partition coefficient (Wildman–Crippen LogP) is 6.35. The van der Waals surface area contributed by atoms with Crippen molar-refractivity contribution in [3.05, 3.63) is 0 Å². The molecular weight excluding hydrogens is 508 g/mol. The lowest BCUT2D eigenvalue weighted by atomic mass is 9.98. The first-order chi connectivity index (χ1) is 17.2. The van der Waals surface area contributed by atoms with Gasteiger partial charge in [0, 0.05) is 20.3 Å². The summed E-state index contributed by atoms with van der Waals surface area (Å²) in [6.07, 6.45) is 7.41. The van der Waals surface area contributed by atoms with Crippen LogP contribution < -0.4 is 0 Å². The van der Waals surface area contributed by atoms with E-state index in [1.165, 1.54) is 13.8 Å². The van der Waals surface area contributed by atoms with Crippen LogP contribution in [0.2, 0.25) is 0 Å². The highest BCUT2D eigenvalue weighted by molar-refractivity contribution is 5.85. The van der Waals surface area contributed by atoms with Crippen LogP contribution in [0.5, 0.6) is 0 Å². The second kappa shape index (κ2) is 18.1. The summed E-state index contributed by atoms with van der Waals surface area (Å²) in [5.41, 5.74) is 0. The van der Waals surface area contributed by atoms with E-state index in [1.807, 2.05) is 0 Å². The first-order valence-corrected chi connectivity index (χ1v) is 13.4. The fourth-order valence-electron chi connectivity index (χ4n) is 4.37. The zero-order valence-electron chi connectivity index (χ0n) is 22.3. The average molecular weight is 551 g/mol. The Bertz CT molecular complexity index is 703. The van der Waals surface area contributed by atoms with Crippen LogP contribution in [-0.4, -0.2) is 49.0 Å². The van der Waals surface area contributed by atoms with E-state index >= 15 is 0 Å². The quantitative estimate of drug-likeness (QED) is 0.117. The van der Waals surface area contributed by atoms with Gasteiger partial charge in [0.25, 0.3) is 0 Å². The summed E-state index contributed by atoms with van der Waals surface area (Å²) in [4.78, 5) is 47.9. The Labute approximate surface area is 225 Å². The molecule has 11 heteroatoms. The van der Waals surface area contributed by atoms with Gasteiger partial charge in [-0.05, 0) is 64.2 Å². The molecule has 3 atom stereocenters. The molecule has 0 N–H and O–H groups in total. The smallest absolute Gasteiger partial charge is 0.431 e. The van der Waals surface area contributed by atoms with Crippen LogP contribution in [-0.2, 0) is 38.0 Å². The van der Waals surface area contributed by atoms with Gasteiger partial charge in [-0.25, -0.2) is 9.59 Å². The van der Waals surface area contributed by atoms with Gasteiger partial charge in [-0.2, -0.15) is 0 Å². The van der Waals surface area contributed by atoms with E-state index < -0.39 is 42.7 Å². The van der Waals surface area contributed by atoms with Gasteiger partial charge < -0.3 is 28.4 Å². The molecule has 10 nitrogen and oxygen atoms in total. The lowest BCUT2D eigenvalue weighted by molar-refractivity contribution is -0.173. The van der Waals surface area contributed by atoms with E-state index in [2.05, 4.69) is 0 Å². The van der Waals surface area contributed by atoms with Crippen LogP contribution in [0.25, 0.3) is 0 Å². The number of unbranched alkanes of at least 4 members (excludes halogenated alkanes) is 1. The molecule has 2 rings (SSSR count). The van der Waals surface area contributed by atoms with E-state index in [4.69, 9.17) is 28.4 Å². The average Bonchev–Trinajstić information content (AvgIpc) is 2.82. The van der Waals surface area contributed by atoms with Crippen molar-refractivity contribution in [3.8, 4) is 0 Å². The Morgan fingerprint density at radius 1 is 0.649 bits per heavy atom. The van der Waals surface area contributed by atoms with Crippen molar-refractivity contribution in [2.75, 3.05) is 0 Å². The summed E-state index contributed by atoms with van der Waals surface area (Å²) in [6.45, 7) is 4.64. The molecule has 0 aromatic rings. The van der Waals surface area contributed by atoms with Crippen LogP contribution in [0.4, 0.5) is 9.59 Å². The van der Waals surface area contributed by atoms with Gasteiger partial charge in [-0.3, -0.25) is 9.59 Å². The Hall–Kier alpha value is -2.23. The number of carbonyl (C=O) groups is 4. The summed E-state index contributed by atoms with van der Waals surface area (Å²) < 4.78 is 30.8. The van der Waals surface area contributed by atoms with Crippen molar-refractivity contribution in [1.82, 2.24) is 0 Å². The second-order valence-corrected chi connectivity index (χ2v) is 9.70. The third-order valence-corrected chi connectivity index (χ3v) is 6.40. The van der Waals surface area contributed by atoms with Gasteiger partial charge in [0.05, 0.1) is 5.92 Å². The maximum atomic E-state index is 12.2. The van der Waals surface area contributed by atoms with Gasteiger partial charge >= 0.3 is 24.2 Å². The van der Waals surface area contributed by atoms with Gasteiger partial charge in [0.2, 0.25) is 12.6 Å². The molecule has 2 aliphatic carbocycles. The molecule has 37 heavy (non-hydrogen) atoms. The maximum Gasteiger partial charge on any atom is 0.511 e. The minimum absolute atomic E-state index is 0. The molecule has 0 saturated heterocycles. The number of halogens is 1. The molecule has 0 radical (unpaired) electrons. The van der Waals surface area contributed by atoms with Gasteiger partial charge in [0.1, 0.15) is 12.2 Å². The highest BCUT2D eigenvalue weighted by Gasteiger charge is 2.24. The minimum Gasteiger partial charge on any atom is -0.431 e. The SMILES string of the molecule is CC(OC(=O)CCCCC(C)C(=O)OC(C)OC(=O)OC1CCCCC1)OC(=O)OC1CCCCC1.Cl. The van der Waals surface area contributed by atoms with E-state index in [-0.39, 0.29) is 31.0 Å². The van der Waals surface area contributed by atoms with Gasteiger partial charge in [-0.1, -0.05) is 26.2 Å². The molecule has 0 aromatic carbocycles. The number of carbonyl (C=O) groups excluding carboxylic acids is 4. The van der Waals surface area contributed by atoms with E-state index in [9.17, 15) is 19.2 Å². The summed E-state index contributed by atoms with van der Waals surface area (Å²) in [5.74, 6) is -1.42. The molecule has 0 aromatic heterocycles. The number of hydrogen-bond donors (Lipinski definition) is 0. The molecule has 0 bridgehead atoms. The maximum absolute atomic E-state index is 12.2.